The second-order valence-corrected chi connectivity index (χ2v) is 8.05. The first kappa shape index (κ1) is 21.5. The van der Waals surface area contributed by atoms with Crippen LogP contribution in [0.2, 0.25) is 5.02 Å². The van der Waals surface area contributed by atoms with Gasteiger partial charge >= 0.3 is 0 Å². The Morgan fingerprint density at radius 3 is 2.69 bits per heavy atom. The second-order valence-electron chi connectivity index (χ2n) is 6.09. The molecule has 2 aromatic carbocycles. The van der Waals surface area contributed by atoms with Crippen molar-refractivity contribution >= 4 is 69.4 Å². The Morgan fingerprint density at radius 2 is 2.00 bits per heavy atom. The smallest absolute Gasteiger partial charge is 0.265 e. The van der Waals surface area contributed by atoms with Crippen LogP contribution in [0.25, 0.3) is 6.08 Å². The average molecular weight is 539 g/mol. The minimum atomic E-state index is -0.519. The monoisotopic (exact) mass is 538 g/mol. The second kappa shape index (κ2) is 9.51. The van der Waals surface area contributed by atoms with Gasteiger partial charge in [-0.15, -0.1) is 6.58 Å². The van der Waals surface area contributed by atoms with E-state index in [0.717, 1.165) is 9.13 Å². The van der Waals surface area contributed by atoms with E-state index in [1.165, 1.54) is 11.0 Å². The van der Waals surface area contributed by atoms with Crippen LogP contribution in [-0.2, 0) is 16.2 Å². The Labute approximate surface area is 192 Å². The molecule has 0 aliphatic carbocycles. The molecule has 1 fully saturated rings. The molecule has 5 nitrogen and oxygen atoms in total. The molecule has 0 unspecified atom stereocenters. The summed E-state index contributed by atoms with van der Waals surface area (Å²) in [5.41, 5.74) is 1.60. The van der Waals surface area contributed by atoms with E-state index in [2.05, 4.69) is 34.5 Å². The Balaban J connectivity index is 1.79. The normalized spacial score (nSPS) is 15.4. The zero-order chi connectivity index (χ0) is 21.0. The number of nitrogens with zero attached hydrogens (tertiary/aromatic N) is 1. The fourth-order valence-corrected chi connectivity index (χ4v) is 3.79. The summed E-state index contributed by atoms with van der Waals surface area (Å²) in [5.74, 6) is -0.288. The summed E-state index contributed by atoms with van der Waals surface area (Å²) >= 11 is 13.4. The van der Waals surface area contributed by atoms with Crippen molar-refractivity contribution in [2.45, 2.75) is 6.61 Å². The van der Waals surface area contributed by atoms with E-state index in [9.17, 15) is 9.59 Å². The molecule has 0 saturated carbocycles. The lowest BCUT2D eigenvalue weighted by Crippen LogP contribution is -2.53. The highest BCUT2D eigenvalue weighted by Gasteiger charge is 2.32. The molecule has 0 atom stereocenters. The molecule has 3 rings (SSSR count). The molecule has 148 valence electrons. The standard InChI is InChI=1S/C21H16ClIN2O3S/c1-2-9-25-20(27)15(19(26)24-21(25)29)10-13-7-8-18(17(23)11-13)28-12-14-5-3-4-6-16(14)22/h2-8,10-11H,1,9,12H2,(H,24,26,29)/b15-10+. The summed E-state index contributed by atoms with van der Waals surface area (Å²) in [6.45, 7) is 4.17. The first-order valence-electron chi connectivity index (χ1n) is 8.56. The Bertz CT molecular complexity index is 1040. The number of nitrogens with one attached hydrogen (secondary N) is 1. The summed E-state index contributed by atoms with van der Waals surface area (Å²) in [6.07, 6.45) is 3.09. The summed E-state index contributed by atoms with van der Waals surface area (Å²) in [4.78, 5) is 26.1. The predicted molar refractivity (Wildman–Crippen MR) is 126 cm³/mol. The zero-order valence-corrected chi connectivity index (χ0v) is 18.9. The summed E-state index contributed by atoms with van der Waals surface area (Å²) < 4.78 is 6.70. The van der Waals surface area contributed by atoms with Gasteiger partial charge in [0.25, 0.3) is 11.8 Å². The molecule has 0 bridgehead atoms. The zero-order valence-electron chi connectivity index (χ0n) is 15.2. The van der Waals surface area contributed by atoms with Crippen molar-refractivity contribution < 1.29 is 14.3 Å². The van der Waals surface area contributed by atoms with Crippen LogP contribution in [0.15, 0.2) is 60.7 Å². The maximum absolute atomic E-state index is 12.6. The summed E-state index contributed by atoms with van der Waals surface area (Å²) in [6, 6.07) is 12.9. The molecule has 1 aliphatic rings. The molecule has 2 amide bonds. The number of halogens is 2. The number of hydrogen-bond donors (Lipinski definition) is 1. The largest absolute Gasteiger partial charge is 0.488 e. The van der Waals surface area contributed by atoms with Crippen molar-refractivity contribution in [2.75, 3.05) is 6.54 Å². The van der Waals surface area contributed by atoms with Crippen LogP contribution in [-0.4, -0.2) is 28.4 Å². The average Bonchev–Trinajstić information content (AvgIpc) is 2.69. The molecule has 8 heteroatoms. The third kappa shape index (κ3) is 5.04. The number of amides is 2. The van der Waals surface area contributed by atoms with Crippen molar-refractivity contribution in [1.82, 2.24) is 10.2 Å². The van der Waals surface area contributed by atoms with E-state index in [1.54, 1.807) is 18.2 Å². The third-order valence-electron chi connectivity index (χ3n) is 4.11. The van der Waals surface area contributed by atoms with Gasteiger partial charge in [-0.2, -0.15) is 0 Å². The first-order chi connectivity index (χ1) is 13.9. The lowest BCUT2D eigenvalue weighted by atomic mass is 10.1. The van der Waals surface area contributed by atoms with E-state index in [1.807, 2.05) is 30.3 Å². The van der Waals surface area contributed by atoms with E-state index < -0.39 is 11.8 Å². The van der Waals surface area contributed by atoms with Crippen LogP contribution in [0.3, 0.4) is 0 Å². The van der Waals surface area contributed by atoms with Gasteiger partial charge in [0, 0.05) is 17.1 Å². The van der Waals surface area contributed by atoms with Gasteiger partial charge in [-0.1, -0.05) is 41.9 Å². The van der Waals surface area contributed by atoms with Gasteiger partial charge in [-0.3, -0.25) is 19.8 Å². The maximum Gasteiger partial charge on any atom is 0.265 e. The van der Waals surface area contributed by atoms with Gasteiger partial charge in [0.05, 0.1) is 3.57 Å². The van der Waals surface area contributed by atoms with E-state index in [0.29, 0.717) is 22.9 Å². The molecule has 2 aromatic rings. The molecule has 0 aromatic heterocycles. The number of benzene rings is 2. The molecule has 29 heavy (non-hydrogen) atoms. The number of carbonyl (C=O) groups excluding carboxylic acids is 2. The lowest BCUT2D eigenvalue weighted by molar-refractivity contribution is -0.128. The molecule has 0 radical (unpaired) electrons. The Kier molecular flexibility index (Phi) is 7.05. The molecule has 1 heterocycles. The predicted octanol–water partition coefficient (Wildman–Crippen LogP) is 4.34. The van der Waals surface area contributed by atoms with Crippen molar-refractivity contribution in [3.05, 3.63) is 80.4 Å². The van der Waals surface area contributed by atoms with Gasteiger partial charge in [0.1, 0.15) is 17.9 Å². The molecule has 1 aliphatic heterocycles. The van der Waals surface area contributed by atoms with Crippen LogP contribution in [0.4, 0.5) is 0 Å². The number of carbonyl (C=O) groups is 2. The highest BCUT2D eigenvalue weighted by molar-refractivity contribution is 14.1. The van der Waals surface area contributed by atoms with Crippen molar-refractivity contribution in [2.24, 2.45) is 0 Å². The highest BCUT2D eigenvalue weighted by atomic mass is 127. The maximum atomic E-state index is 12.6. The quantitative estimate of drug-likeness (QED) is 0.196. The minimum Gasteiger partial charge on any atom is -0.488 e. The molecule has 0 spiro atoms. The van der Waals surface area contributed by atoms with Crippen molar-refractivity contribution in [1.29, 1.82) is 0 Å². The number of hydrogen-bond acceptors (Lipinski definition) is 4. The van der Waals surface area contributed by atoms with Gasteiger partial charge in [-0.05, 0) is 64.6 Å². The first-order valence-corrected chi connectivity index (χ1v) is 10.4. The molecule has 1 N–H and O–H groups in total. The fourth-order valence-electron chi connectivity index (χ4n) is 2.65. The van der Waals surface area contributed by atoms with Gasteiger partial charge < -0.3 is 4.74 Å². The van der Waals surface area contributed by atoms with Gasteiger partial charge in [0.2, 0.25) is 0 Å². The fraction of sp³-hybridized carbons (Fsp3) is 0.0952. The molecular weight excluding hydrogens is 523 g/mol. The lowest BCUT2D eigenvalue weighted by Gasteiger charge is -2.27. The summed E-state index contributed by atoms with van der Waals surface area (Å²) in [7, 11) is 0. The summed E-state index contributed by atoms with van der Waals surface area (Å²) in [5, 5.41) is 3.25. The van der Waals surface area contributed by atoms with Crippen LogP contribution < -0.4 is 10.1 Å². The van der Waals surface area contributed by atoms with Crippen LogP contribution in [0.1, 0.15) is 11.1 Å². The highest BCUT2D eigenvalue weighted by Crippen LogP contribution is 2.26. The van der Waals surface area contributed by atoms with E-state index >= 15 is 0 Å². The van der Waals surface area contributed by atoms with Crippen LogP contribution in [0.5, 0.6) is 5.75 Å². The third-order valence-corrected chi connectivity index (χ3v) is 5.64. The van der Waals surface area contributed by atoms with Gasteiger partial charge in [-0.25, -0.2) is 0 Å². The minimum absolute atomic E-state index is 0.0148. The topological polar surface area (TPSA) is 58.6 Å². The molecular formula is C21H16ClIN2O3S. The van der Waals surface area contributed by atoms with Crippen molar-refractivity contribution in [3.8, 4) is 5.75 Å². The van der Waals surface area contributed by atoms with Crippen LogP contribution >= 0.6 is 46.4 Å². The number of thiocarbonyl (C=S) groups is 1. The van der Waals surface area contributed by atoms with Crippen LogP contribution in [0, 0.1) is 3.57 Å². The SMILES string of the molecule is C=CCN1C(=O)/C(=C/c2ccc(OCc3ccccc3Cl)c(I)c2)C(=O)NC1=S. The molecule has 1 saturated heterocycles. The van der Waals surface area contributed by atoms with Gasteiger partial charge in [0.15, 0.2) is 5.11 Å². The number of rotatable bonds is 6. The van der Waals surface area contributed by atoms with E-state index in [-0.39, 0.29) is 17.2 Å². The Morgan fingerprint density at radius 1 is 1.24 bits per heavy atom. The van der Waals surface area contributed by atoms with E-state index in [4.69, 9.17) is 28.6 Å². The number of ether oxygens (including phenoxy) is 1. The van der Waals surface area contributed by atoms with Crippen molar-refractivity contribution in [3.63, 3.8) is 0 Å². The Hall–Kier alpha value is -2.23.